The van der Waals surface area contributed by atoms with Crippen LogP contribution in [-0.4, -0.2) is 36.8 Å². The standard InChI is InChI=1S/C22H23N3O3/c1-24-12-15(11-23-24)13-25(20-7-8-20)22(28)17-4-2-16(3-5-17)18-6-9-21(27)19(10-18)14-26/h2-6,9-12,20,26-27H,7-8,13-14H2,1H3. The van der Waals surface area contributed by atoms with Crippen molar-refractivity contribution in [2.45, 2.75) is 32.0 Å². The minimum Gasteiger partial charge on any atom is -0.508 e. The van der Waals surface area contributed by atoms with Gasteiger partial charge in [-0.2, -0.15) is 5.10 Å². The molecule has 28 heavy (non-hydrogen) atoms. The molecule has 1 aromatic heterocycles. The Morgan fingerprint density at radius 2 is 1.89 bits per heavy atom. The highest BCUT2D eigenvalue weighted by molar-refractivity contribution is 5.95. The molecule has 0 atom stereocenters. The number of phenols is 1. The lowest BCUT2D eigenvalue weighted by atomic mass is 10.0. The Balaban J connectivity index is 1.54. The van der Waals surface area contributed by atoms with Crippen molar-refractivity contribution in [1.82, 2.24) is 14.7 Å². The maximum Gasteiger partial charge on any atom is 0.254 e. The predicted molar refractivity (Wildman–Crippen MR) is 106 cm³/mol. The maximum atomic E-state index is 13.1. The number of nitrogens with zero attached hydrogens (tertiary/aromatic N) is 3. The number of aromatic nitrogens is 2. The number of aliphatic hydroxyl groups is 1. The van der Waals surface area contributed by atoms with Gasteiger partial charge in [0.2, 0.25) is 0 Å². The van der Waals surface area contributed by atoms with E-state index in [4.69, 9.17) is 0 Å². The van der Waals surface area contributed by atoms with Crippen molar-refractivity contribution in [3.63, 3.8) is 0 Å². The number of hydrogen-bond acceptors (Lipinski definition) is 4. The number of rotatable bonds is 6. The van der Waals surface area contributed by atoms with Gasteiger partial charge in [-0.25, -0.2) is 0 Å². The molecular formula is C22H23N3O3. The lowest BCUT2D eigenvalue weighted by molar-refractivity contribution is 0.0730. The third kappa shape index (κ3) is 3.77. The average molecular weight is 377 g/mol. The van der Waals surface area contributed by atoms with Crippen LogP contribution >= 0.6 is 0 Å². The van der Waals surface area contributed by atoms with Gasteiger partial charge in [0.25, 0.3) is 5.91 Å². The van der Waals surface area contributed by atoms with Gasteiger partial charge in [0.05, 0.1) is 12.8 Å². The Kier molecular flexibility index (Phi) is 4.88. The topological polar surface area (TPSA) is 78.6 Å². The zero-order valence-electron chi connectivity index (χ0n) is 15.7. The summed E-state index contributed by atoms with van der Waals surface area (Å²) in [6.45, 7) is 0.345. The van der Waals surface area contributed by atoms with E-state index in [0.717, 1.165) is 29.5 Å². The molecule has 1 aliphatic carbocycles. The van der Waals surface area contributed by atoms with Gasteiger partial charge in [-0.05, 0) is 48.2 Å². The largest absolute Gasteiger partial charge is 0.508 e. The van der Waals surface area contributed by atoms with Crippen LogP contribution in [0.4, 0.5) is 0 Å². The number of carbonyl (C=O) groups is 1. The van der Waals surface area contributed by atoms with E-state index in [2.05, 4.69) is 5.10 Å². The molecule has 1 amide bonds. The number of amides is 1. The van der Waals surface area contributed by atoms with Crippen molar-refractivity contribution >= 4 is 5.91 Å². The Hall–Kier alpha value is -3.12. The second kappa shape index (κ2) is 7.48. The molecule has 2 N–H and O–H groups in total. The van der Waals surface area contributed by atoms with E-state index in [0.29, 0.717) is 23.7 Å². The average Bonchev–Trinajstić information content (AvgIpc) is 3.47. The summed E-state index contributed by atoms with van der Waals surface area (Å²) in [5.74, 6) is 0.105. The first-order chi connectivity index (χ1) is 13.5. The molecule has 1 saturated carbocycles. The van der Waals surface area contributed by atoms with Gasteiger partial charge in [-0.1, -0.05) is 18.2 Å². The van der Waals surface area contributed by atoms with E-state index >= 15 is 0 Å². The van der Waals surface area contributed by atoms with E-state index in [9.17, 15) is 15.0 Å². The SMILES string of the molecule is Cn1cc(CN(C(=O)c2ccc(-c3ccc(O)c(CO)c3)cc2)C2CC2)cn1. The molecule has 144 valence electrons. The van der Waals surface area contributed by atoms with Crippen molar-refractivity contribution in [3.8, 4) is 16.9 Å². The van der Waals surface area contributed by atoms with Crippen molar-refractivity contribution in [3.05, 3.63) is 71.5 Å². The smallest absolute Gasteiger partial charge is 0.254 e. The molecule has 1 fully saturated rings. The first-order valence-electron chi connectivity index (χ1n) is 9.37. The van der Waals surface area contributed by atoms with E-state index in [1.54, 1.807) is 29.1 Å². The molecule has 0 radical (unpaired) electrons. The van der Waals surface area contributed by atoms with Crippen LogP contribution in [-0.2, 0) is 20.2 Å². The van der Waals surface area contributed by atoms with E-state index in [1.807, 2.05) is 42.4 Å². The summed E-state index contributed by atoms with van der Waals surface area (Å²) < 4.78 is 1.75. The van der Waals surface area contributed by atoms with E-state index < -0.39 is 0 Å². The van der Waals surface area contributed by atoms with Crippen LogP contribution in [0.3, 0.4) is 0 Å². The minimum absolute atomic E-state index is 0.0275. The second-order valence-electron chi connectivity index (χ2n) is 7.27. The highest BCUT2D eigenvalue weighted by Gasteiger charge is 2.33. The van der Waals surface area contributed by atoms with Gasteiger partial charge in [-0.3, -0.25) is 9.48 Å². The molecule has 6 heteroatoms. The number of aromatic hydroxyl groups is 1. The fraction of sp³-hybridized carbons (Fsp3) is 0.273. The molecule has 2 aromatic carbocycles. The number of benzene rings is 2. The summed E-state index contributed by atoms with van der Waals surface area (Å²) in [5, 5.41) is 23.2. The first kappa shape index (κ1) is 18.3. The zero-order chi connectivity index (χ0) is 19.7. The van der Waals surface area contributed by atoms with Crippen LogP contribution in [0.5, 0.6) is 5.75 Å². The molecule has 0 saturated heterocycles. The van der Waals surface area contributed by atoms with Crippen LogP contribution in [0.25, 0.3) is 11.1 Å². The van der Waals surface area contributed by atoms with Crippen LogP contribution in [0.2, 0.25) is 0 Å². The monoisotopic (exact) mass is 377 g/mol. The Labute approximate surface area is 163 Å². The minimum atomic E-state index is -0.221. The maximum absolute atomic E-state index is 13.1. The molecule has 1 heterocycles. The number of aryl methyl sites for hydroxylation is 1. The normalized spacial score (nSPS) is 13.5. The number of hydrogen-bond donors (Lipinski definition) is 2. The van der Waals surface area contributed by atoms with Gasteiger partial charge in [0, 0.05) is 42.5 Å². The molecule has 1 aliphatic rings. The fourth-order valence-electron chi connectivity index (χ4n) is 3.37. The molecule has 3 aromatic rings. The fourth-order valence-corrected chi connectivity index (χ4v) is 3.37. The zero-order valence-corrected chi connectivity index (χ0v) is 15.7. The molecule has 0 aliphatic heterocycles. The molecule has 6 nitrogen and oxygen atoms in total. The summed E-state index contributed by atoms with van der Waals surface area (Å²) in [4.78, 5) is 15.0. The van der Waals surface area contributed by atoms with Crippen molar-refractivity contribution in [2.75, 3.05) is 0 Å². The van der Waals surface area contributed by atoms with Crippen LogP contribution in [0.1, 0.15) is 34.3 Å². The summed E-state index contributed by atoms with van der Waals surface area (Å²) in [5.41, 5.74) is 3.97. The summed E-state index contributed by atoms with van der Waals surface area (Å²) in [7, 11) is 1.87. The van der Waals surface area contributed by atoms with Crippen LogP contribution in [0.15, 0.2) is 54.9 Å². The lowest BCUT2D eigenvalue weighted by Crippen LogP contribution is -2.32. The highest BCUT2D eigenvalue weighted by atomic mass is 16.3. The lowest BCUT2D eigenvalue weighted by Gasteiger charge is -2.22. The van der Waals surface area contributed by atoms with Gasteiger partial charge < -0.3 is 15.1 Å². The molecule has 0 spiro atoms. The summed E-state index contributed by atoms with van der Waals surface area (Å²) in [6.07, 6.45) is 5.83. The first-order valence-corrected chi connectivity index (χ1v) is 9.37. The summed E-state index contributed by atoms with van der Waals surface area (Å²) >= 11 is 0. The highest BCUT2D eigenvalue weighted by Crippen LogP contribution is 2.31. The second-order valence-corrected chi connectivity index (χ2v) is 7.27. The van der Waals surface area contributed by atoms with Crippen LogP contribution in [0, 0.1) is 0 Å². The summed E-state index contributed by atoms with van der Waals surface area (Å²) in [6, 6.07) is 12.9. The Morgan fingerprint density at radius 3 is 2.50 bits per heavy atom. The third-order valence-corrected chi connectivity index (χ3v) is 5.07. The molecule has 0 bridgehead atoms. The van der Waals surface area contributed by atoms with Crippen molar-refractivity contribution in [1.29, 1.82) is 0 Å². The van der Waals surface area contributed by atoms with Crippen LogP contribution < -0.4 is 0 Å². The predicted octanol–water partition coefficient (Wildman–Crippen LogP) is 3.09. The Morgan fingerprint density at radius 1 is 1.18 bits per heavy atom. The quantitative estimate of drug-likeness (QED) is 0.692. The van der Waals surface area contributed by atoms with Gasteiger partial charge in [0.15, 0.2) is 0 Å². The van der Waals surface area contributed by atoms with Crippen molar-refractivity contribution < 1.29 is 15.0 Å². The number of carbonyl (C=O) groups excluding carboxylic acids is 1. The molecular weight excluding hydrogens is 354 g/mol. The van der Waals surface area contributed by atoms with Gasteiger partial charge in [0.1, 0.15) is 5.75 Å². The molecule has 0 unspecified atom stereocenters. The Bertz CT molecular complexity index is 991. The van der Waals surface area contributed by atoms with E-state index in [1.165, 1.54) is 0 Å². The van der Waals surface area contributed by atoms with Gasteiger partial charge in [-0.15, -0.1) is 0 Å². The van der Waals surface area contributed by atoms with E-state index in [-0.39, 0.29) is 18.3 Å². The van der Waals surface area contributed by atoms with Gasteiger partial charge >= 0.3 is 0 Å². The molecule has 4 rings (SSSR count). The number of aliphatic hydroxyl groups excluding tert-OH is 1. The van der Waals surface area contributed by atoms with Crippen molar-refractivity contribution in [2.24, 2.45) is 7.05 Å². The third-order valence-electron chi connectivity index (χ3n) is 5.07.